The largest absolute Gasteiger partial charge is 0.492 e. The Balaban J connectivity index is 1.77. The van der Waals surface area contributed by atoms with Crippen LogP contribution in [0.1, 0.15) is 21.6 Å². The molecule has 23 heavy (non-hydrogen) atoms. The number of likely N-dealkylation sites (N-methyl/N-ethyl adjacent to an activating group) is 1. The maximum atomic E-state index is 10.7. The SMILES string of the molecule is Cc1nc2sc([C@H](c3cccs3)N3CCN(C)CC3)c(O)n2n1. The third-order valence-electron chi connectivity index (χ3n) is 4.27. The molecule has 4 heterocycles. The van der Waals surface area contributed by atoms with Crippen molar-refractivity contribution in [1.82, 2.24) is 24.4 Å². The van der Waals surface area contributed by atoms with Gasteiger partial charge in [0.15, 0.2) is 0 Å². The van der Waals surface area contributed by atoms with Gasteiger partial charge in [-0.3, -0.25) is 4.90 Å². The number of hydrogen-bond donors (Lipinski definition) is 1. The molecule has 0 bridgehead atoms. The molecule has 1 aliphatic heterocycles. The second-order valence-electron chi connectivity index (χ2n) is 5.90. The van der Waals surface area contributed by atoms with Crippen LogP contribution in [0.2, 0.25) is 0 Å². The zero-order valence-electron chi connectivity index (χ0n) is 13.1. The van der Waals surface area contributed by atoms with Crippen molar-refractivity contribution in [3.63, 3.8) is 0 Å². The molecule has 0 radical (unpaired) electrons. The van der Waals surface area contributed by atoms with E-state index in [0.717, 1.165) is 36.0 Å². The molecule has 0 amide bonds. The highest BCUT2D eigenvalue weighted by Gasteiger charge is 2.31. The molecule has 4 rings (SSSR count). The Bertz CT molecular complexity index is 801. The number of rotatable bonds is 3. The van der Waals surface area contributed by atoms with Crippen LogP contribution in [0.25, 0.3) is 4.96 Å². The normalized spacial score (nSPS) is 18.7. The maximum absolute atomic E-state index is 10.7. The first-order chi connectivity index (χ1) is 11.1. The lowest BCUT2D eigenvalue weighted by Crippen LogP contribution is -2.45. The Morgan fingerprint density at radius 3 is 2.70 bits per heavy atom. The molecular formula is C15H19N5OS2. The Morgan fingerprint density at radius 2 is 2.04 bits per heavy atom. The van der Waals surface area contributed by atoms with Crippen molar-refractivity contribution in [2.24, 2.45) is 0 Å². The molecular weight excluding hydrogens is 330 g/mol. The molecule has 1 atom stereocenters. The van der Waals surface area contributed by atoms with Crippen LogP contribution < -0.4 is 0 Å². The van der Waals surface area contributed by atoms with Gasteiger partial charge in [-0.1, -0.05) is 17.4 Å². The lowest BCUT2D eigenvalue weighted by Gasteiger charge is -2.37. The Kier molecular flexibility index (Phi) is 3.84. The van der Waals surface area contributed by atoms with Crippen molar-refractivity contribution >= 4 is 27.6 Å². The Hall–Kier alpha value is -1.48. The average molecular weight is 349 g/mol. The number of piperazine rings is 1. The molecule has 0 spiro atoms. The summed E-state index contributed by atoms with van der Waals surface area (Å²) in [5.41, 5.74) is 0. The molecule has 0 aliphatic carbocycles. The molecule has 0 saturated carbocycles. The average Bonchev–Trinajstić information content (AvgIpc) is 3.22. The molecule has 8 heteroatoms. The number of aryl methyl sites for hydroxylation is 1. The molecule has 3 aromatic heterocycles. The molecule has 1 saturated heterocycles. The van der Waals surface area contributed by atoms with Crippen LogP contribution >= 0.6 is 22.7 Å². The van der Waals surface area contributed by atoms with E-state index < -0.39 is 0 Å². The smallest absolute Gasteiger partial charge is 0.230 e. The second-order valence-corrected chi connectivity index (χ2v) is 7.89. The van der Waals surface area contributed by atoms with Crippen molar-refractivity contribution in [3.05, 3.63) is 33.1 Å². The fourth-order valence-electron chi connectivity index (χ4n) is 3.03. The molecule has 1 aliphatic rings. The number of hydrogen-bond acceptors (Lipinski definition) is 7. The summed E-state index contributed by atoms with van der Waals surface area (Å²) in [7, 11) is 2.15. The number of thiazole rings is 1. The fraction of sp³-hybridized carbons (Fsp3) is 0.467. The number of aromatic nitrogens is 3. The molecule has 122 valence electrons. The van der Waals surface area contributed by atoms with Crippen molar-refractivity contribution in [1.29, 1.82) is 0 Å². The minimum Gasteiger partial charge on any atom is -0.492 e. The van der Waals surface area contributed by atoms with Crippen LogP contribution in [-0.4, -0.2) is 62.7 Å². The van der Waals surface area contributed by atoms with E-state index >= 15 is 0 Å². The second kappa shape index (κ2) is 5.86. The molecule has 0 aromatic carbocycles. The van der Waals surface area contributed by atoms with Gasteiger partial charge in [-0.2, -0.15) is 4.52 Å². The highest BCUT2D eigenvalue weighted by molar-refractivity contribution is 7.17. The first-order valence-corrected chi connectivity index (χ1v) is 9.34. The molecule has 3 aromatic rings. The van der Waals surface area contributed by atoms with Crippen molar-refractivity contribution in [2.75, 3.05) is 33.2 Å². The predicted molar refractivity (Wildman–Crippen MR) is 92.5 cm³/mol. The van der Waals surface area contributed by atoms with E-state index in [1.165, 1.54) is 16.2 Å². The highest BCUT2D eigenvalue weighted by Crippen LogP contribution is 2.41. The molecule has 0 unspecified atom stereocenters. The third kappa shape index (κ3) is 2.65. The van der Waals surface area contributed by atoms with Crippen molar-refractivity contribution < 1.29 is 5.11 Å². The van der Waals surface area contributed by atoms with Gasteiger partial charge < -0.3 is 10.0 Å². The topological polar surface area (TPSA) is 56.9 Å². The van der Waals surface area contributed by atoms with Crippen molar-refractivity contribution in [2.45, 2.75) is 13.0 Å². The summed E-state index contributed by atoms with van der Waals surface area (Å²) < 4.78 is 1.56. The lowest BCUT2D eigenvalue weighted by molar-refractivity contribution is 0.128. The zero-order chi connectivity index (χ0) is 16.0. The monoisotopic (exact) mass is 349 g/mol. The lowest BCUT2D eigenvalue weighted by atomic mass is 10.1. The maximum Gasteiger partial charge on any atom is 0.230 e. The number of nitrogens with zero attached hydrogens (tertiary/aromatic N) is 5. The van der Waals surface area contributed by atoms with E-state index in [1.807, 2.05) is 6.92 Å². The molecule has 1 fully saturated rings. The van der Waals surface area contributed by atoms with Gasteiger partial charge in [-0.15, -0.1) is 16.4 Å². The molecule has 6 nitrogen and oxygen atoms in total. The van der Waals surface area contributed by atoms with Crippen LogP contribution in [0.5, 0.6) is 5.88 Å². The standard InChI is InChI=1S/C15H19N5OS2/c1-10-16-15-20(17-10)14(21)13(23-15)12(11-4-3-9-22-11)19-7-5-18(2)6-8-19/h3-4,9,12,21H,5-8H2,1-2H3/t12-/m0/s1. The van der Waals surface area contributed by atoms with Gasteiger partial charge in [0.2, 0.25) is 10.8 Å². The Labute approximate surface area is 142 Å². The summed E-state index contributed by atoms with van der Waals surface area (Å²) in [5.74, 6) is 0.910. The summed E-state index contributed by atoms with van der Waals surface area (Å²) in [5, 5.41) is 17.1. The van der Waals surface area contributed by atoms with E-state index in [0.29, 0.717) is 5.82 Å². The van der Waals surface area contributed by atoms with Crippen LogP contribution in [0.3, 0.4) is 0 Å². The van der Waals surface area contributed by atoms with E-state index in [4.69, 9.17) is 0 Å². The zero-order valence-corrected chi connectivity index (χ0v) is 14.8. The summed E-state index contributed by atoms with van der Waals surface area (Å²) in [6.45, 7) is 5.91. The minimum atomic E-state index is 0.0810. The van der Waals surface area contributed by atoms with E-state index in [1.54, 1.807) is 15.9 Å². The predicted octanol–water partition coefficient (Wildman–Crippen LogP) is 2.20. The summed E-state index contributed by atoms with van der Waals surface area (Å²) in [6.07, 6.45) is 0. The van der Waals surface area contributed by atoms with Crippen LogP contribution in [0.4, 0.5) is 0 Å². The Morgan fingerprint density at radius 1 is 1.26 bits per heavy atom. The first kappa shape index (κ1) is 15.1. The summed E-state index contributed by atoms with van der Waals surface area (Å²) >= 11 is 3.27. The first-order valence-electron chi connectivity index (χ1n) is 7.64. The number of fused-ring (bicyclic) bond motifs is 1. The highest BCUT2D eigenvalue weighted by atomic mass is 32.1. The van der Waals surface area contributed by atoms with Gasteiger partial charge in [0.1, 0.15) is 5.82 Å². The fourth-order valence-corrected chi connectivity index (χ4v) is 5.12. The molecule has 1 N–H and O–H groups in total. The third-order valence-corrected chi connectivity index (χ3v) is 6.27. The van der Waals surface area contributed by atoms with Gasteiger partial charge in [0, 0.05) is 31.1 Å². The quantitative estimate of drug-likeness (QED) is 0.786. The van der Waals surface area contributed by atoms with Crippen LogP contribution in [0, 0.1) is 6.92 Å². The minimum absolute atomic E-state index is 0.0810. The van der Waals surface area contributed by atoms with Gasteiger partial charge in [0.05, 0.1) is 10.9 Å². The number of aromatic hydroxyl groups is 1. The van der Waals surface area contributed by atoms with Gasteiger partial charge >= 0.3 is 0 Å². The van der Waals surface area contributed by atoms with Crippen LogP contribution in [-0.2, 0) is 0 Å². The van der Waals surface area contributed by atoms with E-state index in [2.05, 4.69) is 44.4 Å². The summed E-state index contributed by atoms with van der Waals surface area (Å²) in [4.78, 5) is 12.1. The van der Waals surface area contributed by atoms with E-state index in [-0.39, 0.29) is 11.9 Å². The van der Waals surface area contributed by atoms with Crippen molar-refractivity contribution in [3.8, 4) is 5.88 Å². The van der Waals surface area contributed by atoms with Gasteiger partial charge in [-0.05, 0) is 25.4 Å². The van der Waals surface area contributed by atoms with Gasteiger partial charge in [0.25, 0.3) is 0 Å². The van der Waals surface area contributed by atoms with Crippen LogP contribution in [0.15, 0.2) is 17.5 Å². The van der Waals surface area contributed by atoms with E-state index in [9.17, 15) is 5.11 Å². The van der Waals surface area contributed by atoms with Gasteiger partial charge in [-0.25, -0.2) is 4.98 Å². The number of thiophene rings is 1. The summed E-state index contributed by atoms with van der Waals surface area (Å²) in [6, 6.07) is 4.30.